The summed E-state index contributed by atoms with van der Waals surface area (Å²) in [7, 11) is -3.25. The third-order valence-electron chi connectivity index (χ3n) is 5.65. The summed E-state index contributed by atoms with van der Waals surface area (Å²) in [6.07, 6.45) is 6.17. The first-order valence-corrected chi connectivity index (χ1v) is 12.1. The lowest BCUT2D eigenvalue weighted by Gasteiger charge is -2.14. The van der Waals surface area contributed by atoms with E-state index in [0.717, 1.165) is 47.5 Å². The molecule has 0 fully saturated rings. The van der Waals surface area contributed by atoms with Crippen molar-refractivity contribution in [3.05, 3.63) is 39.8 Å². The van der Waals surface area contributed by atoms with Crippen LogP contribution in [0, 0.1) is 0 Å². The van der Waals surface area contributed by atoms with Crippen LogP contribution in [-0.2, 0) is 35.8 Å². The molecule has 0 saturated carbocycles. The topological polar surface area (TPSA) is 64.0 Å². The van der Waals surface area contributed by atoms with Crippen molar-refractivity contribution in [2.45, 2.75) is 70.2 Å². The molecule has 146 valence electrons. The van der Waals surface area contributed by atoms with Crippen molar-refractivity contribution in [2.24, 2.45) is 0 Å². The molecule has 1 atom stereocenters. The van der Waals surface area contributed by atoms with E-state index in [0.29, 0.717) is 0 Å². The highest BCUT2D eigenvalue weighted by molar-refractivity contribution is 9.10. The Bertz CT molecular complexity index is 966. The van der Waals surface area contributed by atoms with Gasteiger partial charge >= 0.3 is 0 Å². The maximum atomic E-state index is 12.2. The fourth-order valence-corrected chi connectivity index (χ4v) is 5.67. The molecule has 2 aromatic rings. The van der Waals surface area contributed by atoms with Crippen molar-refractivity contribution < 1.29 is 8.42 Å². The van der Waals surface area contributed by atoms with E-state index in [1.807, 2.05) is 0 Å². The van der Waals surface area contributed by atoms with Gasteiger partial charge in [0.05, 0.1) is 10.9 Å². The highest BCUT2D eigenvalue weighted by Crippen LogP contribution is 2.34. The Balaban J connectivity index is 1.62. The first-order valence-electron chi connectivity index (χ1n) is 9.73. The molecule has 2 heterocycles. The summed E-state index contributed by atoms with van der Waals surface area (Å²) in [5, 5.41) is -0.407. The zero-order chi connectivity index (χ0) is 19.2. The van der Waals surface area contributed by atoms with Crippen molar-refractivity contribution in [2.75, 3.05) is 0 Å². The zero-order valence-electron chi connectivity index (χ0n) is 15.8. The Kier molecular flexibility index (Phi) is 5.20. The van der Waals surface area contributed by atoms with Crippen LogP contribution >= 0.6 is 15.9 Å². The maximum absolute atomic E-state index is 12.2. The third-order valence-corrected chi connectivity index (χ3v) is 8.11. The van der Waals surface area contributed by atoms with Gasteiger partial charge in [-0.1, -0.05) is 18.6 Å². The van der Waals surface area contributed by atoms with Crippen LogP contribution in [0.5, 0.6) is 0 Å². The summed E-state index contributed by atoms with van der Waals surface area (Å²) >= 11 is 3.66. The number of benzene rings is 1. The molecule has 27 heavy (non-hydrogen) atoms. The standard InChI is InChI=1S/C20H26BrN3O2S/c1-13(2)27(25,26)23-17-11-14-7-8-15(10-16(14)12-17)19-20(21)22-18-6-4-3-5-9-24(18)19/h7-8,10,13,17,23H,3-6,9,11-12H2,1-2H3/t17-/m0/s1. The summed E-state index contributed by atoms with van der Waals surface area (Å²) in [6.45, 7) is 4.44. The van der Waals surface area contributed by atoms with Gasteiger partial charge in [-0.25, -0.2) is 18.1 Å². The molecule has 4 rings (SSSR count). The molecule has 0 unspecified atom stereocenters. The van der Waals surface area contributed by atoms with E-state index in [1.54, 1.807) is 13.8 Å². The smallest absolute Gasteiger partial charge is 0.214 e. The Hall–Kier alpha value is -1.18. The summed E-state index contributed by atoms with van der Waals surface area (Å²) in [6, 6.07) is 6.47. The van der Waals surface area contributed by atoms with Gasteiger partial charge < -0.3 is 4.57 Å². The van der Waals surface area contributed by atoms with Gasteiger partial charge in [-0.2, -0.15) is 0 Å². The number of nitrogens with zero attached hydrogens (tertiary/aromatic N) is 2. The van der Waals surface area contributed by atoms with Gasteiger partial charge in [0.1, 0.15) is 10.4 Å². The molecule has 1 aromatic heterocycles. The molecule has 0 bridgehead atoms. The number of aryl methyl sites for hydroxylation is 1. The van der Waals surface area contributed by atoms with Crippen LogP contribution in [0.15, 0.2) is 22.8 Å². The zero-order valence-corrected chi connectivity index (χ0v) is 18.2. The lowest BCUT2D eigenvalue weighted by Crippen LogP contribution is -2.39. The largest absolute Gasteiger partial charge is 0.327 e. The van der Waals surface area contributed by atoms with Crippen LogP contribution in [0.1, 0.15) is 50.1 Å². The molecule has 1 aromatic carbocycles. The minimum atomic E-state index is -3.25. The molecule has 2 aliphatic rings. The second-order valence-corrected chi connectivity index (χ2v) is 10.9. The molecule has 0 spiro atoms. The molecule has 5 nitrogen and oxygen atoms in total. The molecule has 1 aliphatic heterocycles. The highest BCUT2D eigenvalue weighted by atomic mass is 79.9. The SMILES string of the molecule is CC(C)S(=O)(=O)N[C@H]1Cc2ccc(-c3c(Br)nc4n3CCCCC4)cc2C1. The van der Waals surface area contributed by atoms with Crippen LogP contribution in [0.2, 0.25) is 0 Å². The Morgan fingerprint density at radius 1 is 1.19 bits per heavy atom. The molecule has 0 saturated heterocycles. The van der Waals surface area contributed by atoms with E-state index >= 15 is 0 Å². The van der Waals surface area contributed by atoms with Gasteiger partial charge in [-0.15, -0.1) is 0 Å². The molecule has 1 N–H and O–H groups in total. The normalized spacial score (nSPS) is 19.8. The van der Waals surface area contributed by atoms with E-state index < -0.39 is 15.3 Å². The van der Waals surface area contributed by atoms with Crippen LogP contribution < -0.4 is 4.72 Å². The number of sulfonamides is 1. The fourth-order valence-electron chi connectivity index (χ4n) is 4.12. The monoisotopic (exact) mass is 451 g/mol. The van der Waals surface area contributed by atoms with Crippen LogP contribution in [0.25, 0.3) is 11.3 Å². The van der Waals surface area contributed by atoms with Gasteiger partial charge in [0.25, 0.3) is 0 Å². The van der Waals surface area contributed by atoms with Crippen molar-refractivity contribution in [1.29, 1.82) is 0 Å². The fraction of sp³-hybridized carbons (Fsp3) is 0.550. The van der Waals surface area contributed by atoms with Crippen molar-refractivity contribution in [3.8, 4) is 11.3 Å². The predicted molar refractivity (Wildman–Crippen MR) is 111 cm³/mol. The Morgan fingerprint density at radius 2 is 1.96 bits per heavy atom. The second kappa shape index (κ2) is 7.33. The average Bonchev–Trinajstić information content (AvgIpc) is 3.04. The van der Waals surface area contributed by atoms with E-state index in [1.165, 1.54) is 30.4 Å². The predicted octanol–water partition coefficient (Wildman–Crippen LogP) is 3.83. The summed E-state index contributed by atoms with van der Waals surface area (Å²) in [5.74, 6) is 1.16. The summed E-state index contributed by atoms with van der Waals surface area (Å²) in [5.41, 5.74) is 4.79. The number of nitrogens with one attached hydrogen (secondary N) is 1. The summed E-state index contributed by atoms with van der Waals surface area (Å²) in [4.78, 5) is 4.75. The first-order chi connectivity index (χ1) is 12.8. The number of imidazole rings is 1. The van der Waals surface area contributed by atoms with Crippen LogP contribution in [-0.4, -0.2) is 29.3 Å². The Morgan fingerprint density at radius 3 is 2.74 bits per heavy atom. The average molecular weight is 452 g/mol. The molecular weight excluding hydrogens is 426 g/mol. The minimum absolute atomic E-state index is 0.0476. The number of hydrogen-bond donors (Lipinski definition) is 1. The molecular formula is C20H26BrN3O2S. The van der Waals surface area contributed by atoms with E-state index in [-0.39, 0.29) is 6.04 Å². The molecule has 0 radical (unpaired) electrons. The minimum Gasteiger partial charge on any atom is -0.327 e. The number of fused-ring (bicyclic) bond motifs is 2. The first kappa shape index (κ1) is 19.2. The maximum Gasteiger partial charge on any atom is 0.214 e. The van der Waals surface area contributed by atoms with Gasteiger partial charge in [-0.05, 0) is 72.7 Å². The lowest BCUT2D eigenvalue weighted by atomic mass is 10.0. The van der Waals surface area contributed by atoms with E-state index in [2.05, 4.69) is 43.4 Å². The molecule has 7 heteroatoms. The molecule has 1 aliphatic carbocycles. The lowest BCUT2D eigenvalue weighted by molar-refractivity contribution is 0.547. The number of halogens is 1. The highest BCUT2D eigenvalue weighted by Gasteiger charge is 2.28. The van der Waals surface area contributed by atoms with Gasteiger partial charge in [-0.3, -0.25) is 0 Å². The van der Waals surface area contributed by atoms with E-state index in [9.17, 15) is 8.42 Å². The number of rotatable bonds is 4. The van der Waals surface area contributed by atoms with Crippen LogP contribution in [0.3, 0.4) is 0 Å². The number of hydrogen-bond acceptors (Lipinski definition) is 3. The number of aromatic nitrogens is 2. The van der Waals surface area contributed by atoms with Crippen molar-refractivity contribution >= 4 is 26.0 Å². The quantitative estimate of drug-likeness (QED) is 0.767. The van der Waals surface area contributed by atoms with Gasteiger partial charge in [0.2, 0.25) is 10.0 Å². The van der Waals surface area contributed by atoms with E-state index in [4.69, 9.17) is 4.98 Å². The van der Waals surface area contributed by atoms with Crippen molar-refractivity contribution in [1.82, 2.24) is 14.3 Å². The Labute approximate surface area is 169 Å². The van der Waals surface area contributed by atoms with Crippen molar-refractivity contribution in [3.63, 3.8) is 0 Å². The van der Waals surface area contributed by atoms with Gasteiger partial charge in [0, 0.05) is 24.6 Å². The summed E-state index contributed by atoms with van der Waals surface area (Å²) < 4.78 is 30.5. The van der Waals surface area contributed by atoms with Gasteiger partial charge in [0.15, 0.2) is 0 Å². The van der Waals surface area contributed by atoms with Crippen LogP contribution in [0.4, 0.5) is 0 Å². The third kappa shape index (κ3) is 3.74. The second-order valence-electron chi connectivity index (χ2n) is 7.93. The molecule has 0 amide bonds.